The molecule has 34 heavy (non-hydrogen) atoms. The highest BCUT2D eigenvalue weighted by Crippen LogP contribution is 2.22. The average molecular weight is 477 g/mol. The molecule has 172 valence electrons. The molecule has 2 N–H and O–H groups in total. The smallest absolute Gasteiger partial charge is 0.275 e. The second kappa shape index (κ2) is 10.2. The molecule has 0 aliphatic heterocycles. The average Bonchev–Trinajstić information content (AvgIpc) is 2.85. The zero-order valence-electron chi connectivity index (χ0n) is 18.2. The van der Waals surface area contributed by atoms with Gasteiger partial charge in [-0.15, -0.1) is 0 Å². The molecule has 0 bridgehead atoms. The first-order chi connectivity index (χ1) is 16.4. The molecule has 0 atom stereocenters. The van der Waals surface area contributed by atoms with E-state index in [4.69, 9.17) is 16.3 Å². The van der Waals surface area contributed by atoms with Crippen molar-refractivity contribution in [2.45, 2.75) is 20.1 Å². The van der Waals surface area contributed by atoms with E-state index >= 15 is 0 Å². The number of aryl methyl sites for hydroxylation is 1. The standard InChI is InChI=1S/C25H21ClN4O4/c1-16-12-20(10-11-22(16)26)34-15-17-6-8-18(9-7-17)24(32)29-28-23(31)14-30-25(33)21-5-3-2-4-19(21)13-27-30/h2-13H,14-15H2,1H3,(H,28,31)(H,29,32). The number of nitrogens with one attached hydrogen (secondary N) is 2. The SMILES string of the molecule is Cc1cc(OCc2ccc(C(=O)NNC(=O)Cn3ncc4ccccc4c3=O)cc2)ccc1Cl. The number of hydrogen-bond donors (Lipinski definition) is 2. The normalized spacial score (nSPS) is 10.6. The lowest BCUT2D eigenvalue weighted by molar-refractivity contribution is -0.122. The van der Waals surface area contributed by atoms with E-state index in [2.05, 4.69) is 16.0 Å². The summed E-state index contributed by atoms with van der Waals surface area (Å²) in [4.78, 5) is 37.0. The van der Waals surface area contributed by atoms with Crippen LogP contribution in [-0.2, 0) is 17.9 Å². The first-order valence-electron chi connectivity index (χ1n) is 10.4. The molecule has 1 aromatic heterocycles. The van der Waals surface area contributed by atoms with E-state index in [0.717, 1.165) is 15.8 Å². The lowest BCUT2D eigenvalue weighted by Crippen LogP contribution is -2.44. The van der Waals surface area contributed by atoms with E-state index in [9.17, 15) is 14.4 Å². The summed E-state index contributed by atoms with van der Waals surface area (Å²) in [7, 11) is 0. The van der Waals surface area contributed by atoms with Crippen molar-refractivity contribution in [1.82, 2.24) is 20.6 Å². The fraction of sp³-hybridized carbons (Fsp3) is 0.120. The van der Waals surface area contributed by atoms with Crippen LogP contribution in [0.1, 0.15) is 21.5 Å². The van der Waals surface area contributed by atoms with Crippen LogP contribution in [-0.4, -0.2) is 21.6 Å². The Morgan fingerprint density at radius 2 is 1.79 bits per heavy atom. The third kappa shape index (κ3) is 5.41. The van der Waals surface area contributed by atoms with E-state index in [0.29, 0.717) is 33.7 Å². The van der Waals surface area contributed by atoms with Crippen molar-refractivity contribution >= 4 is 34.2 Å². The maximum absolute atomic E-state index is 12.4. The molecule has 0 fully saturated rings. The lowest BCUT2D eigenvalue weighted by Gasteiger charge is -2.10. The van der Waals surface area contributed by atoms with E-state index in [-0.39, 0.29) is 12.1 Å². The first kappa shape index (κ1) is 23.0. The number of hydrazine groups is 1. The number of halogens is 1. The summed E-state index contributed by atoms with van der Waals surface area (Å²) in [6.45, 7) is 1.90. The van der Waals surface area contributed by atoms with Crippen molar-refractivity contribution in [3.63, 3.8) is 0 Å². The third-order valence-corrected chi connectivity index (χ3v) is 5.55. The van der Waals surface area contributed by atoms with Crippen LogP contribution in [0.3, 0.4) is 0 Å². The van der Waals surface area contributed by atoms with Gasteiger partial charge in [0.1, 0.15) is 18.9 Å². The second-order valence-corrected chi connectivity index (χ2v) is 8.00. The van der Waals surface area contributed by atoms with E-state index in [1.807, 2.05) is 13.0 Å². The minimum atomic E-state index is -0.582. The van der Waals surface area contributed by atoms with Crippen molar-refractivity contribution in [3.8, 4) is 5.75 Å². The Labute approximate surface area is 200 Å². The first-order valence-corrected chi connectivity index (χ1v) is 10.8. The predicted octanol–water partition coefficient (Wildman–Crippen LogP) is 3.40. The van der Waals surface area contributed by atoms with Crippen LogP contribution in [0.2, 0.25) is 5.02 Å². The summed E-state index contributed by atoms with van der Waals surface area (Å²) in [5.74, 6) is -0.374. The molecule has 0 aliphatic rings. The Balaban J connectivity index is 1.29. The molecule has 9 heteroatoms. The lowest BCUT2D eigenvalue weighted by atomic mass is 10.1. The van der Waals surface area contributed by atoms with Gasteiger partial charge < -0.3 is 4.74 Å². The Hall–Kier alpha value is -4.17. The highest BCUT2D eigenvalue weighted by atomic mass is 35.5. The van der Waals surface area contributed by atoms with Crippen molar-refractivity contribution in [2.24, 2.45) is 0 Å². The highest BCUT2D eigenvalue weighted by Gasteiger charge is 2.11. The van der Waals surface area contributed by atoms with Gasteiger partial charge in [0.25, 0.3) is 17.4 Å². The molecule has 0 unspecified atom stereocenters. The molecule has 4 rings (SSSR count). The van der Waals surface area contributed by atoms with Crippen molar-refractivity contribution in [1.29, 1.82) is 0 Å². The maximum Gasteiger partial charge on any atom is 0.275 e. The Bertz CT molecular complexity index is 1420. The van der Waals surface area contributed by atoms with Crippen LogP contribution in [0.4, 0.5) is 0 Å². The fourth-order valence-electron chi connectivity index (χ4n) is 3.24. The van der Waals surface area contributed by atoms with E-state index < -0.39 is 11.8 Å². The number of amides is 2. The van der Waals surface area contributed by atoms with Crippen LogP contribution in [0.15, 0.2) is 77.7 Å². The molecule has 0 aliphatic carbocycles. The minimum absolute atomic E-state index is 0.327. The third-order valence-electron chi connectivity index (χ3n) is 5.12. The van der Waals surface area contributed by atoms with E-state index in [1.54, 1.807) is 60.7 Å². The van der Waals surface area contributed by atoms with Crippen LogP contribution < -0.4 is 21.1 Å². The van der Waals surface area contributed by atoms with Crippen molar-refractivity contribution < 1.29 is 14.3 Å². The van der Waals surface area contributed by atoms with Gasteiger partial charge in [-0.05, 0) is 54.4 Å². The highest BCUT2D eigenvalue weighted by molar-refractivity contribution is 6.31. The zero-order chi connectivity index (χ0) is 24.1. The molecule has 2 amide bonds. The Kier molecular flexibility index (Phi) is 6.89. The quantitative estimate of drug-likeness (QED) is 0.415. The monoisotopic (exact) mass is 476 g/mol. The summed E-state index contributed by atoms with van der Waals surface area (Å²) in [5, 5.41) is 5.83. The summed E-state index contributed by atoms with van der Waals surface area (Å²) in [6.07, 6.45) is 1.52. The van der Waals surface area contributed by atoms with Crippen molar-refractivity contribution in [2.75, 3.05) is 0 Å². The summed E-state index contributed by atoms with van der Waals surface area (Å²) in [6, 6.07) is 19.2. The van der Waals surface area contributed by atoms with Gasteiger partial charge in [0.15, 0.2) is 0 Å². The molecule has 1 heterocycles. The minimum Gasteiger partial charge on any atom is -0.489 e. The fourth-order valence-corrected chi connectivity index (χ4v) is 3.36. The number of ether oxygens (including phenoxy) is 1. The van der Waals surface area contributed by atoms with Gasteiger partial charge in [0, 0.05) is 16.0 Å². The maximum atomic E-state index is 12.4. The topological polar surface area (TPSA) is 102 Å². The molecule has 8 nitrogen and oxygen atoms in total. The van der Waals surface area contributed by atoms with Gasteiger partial charge in [-0.25, -0.2) is 4.68 Å². The van der Waals surface area contributed by atoms with Crippen LogP contribution >= 0.6 is 11.6 Å². The number of fused-ring (bicyclic) bond motifs is 1. The molecular formula is C25H21ClN4O4. The van der Waals surface area contributed by atoms with Gasteiger partial charge in [-0.3, -0.25) is 25.2 Å². The summed E-state index contributed by atoms with van der Waals surface area (Å²) >= 11 is 6.02. The number of carbonyl (C=O) groups is 2. The number of hydrogen-bond acceptors (Lipinski definition) is 5. The van der Waals surface area contributed by atoms with Gasteiger partial charge in [-0.2, -0.15) is 5.10 Å². The van der Waals surface area contributed by atoms with Gasteiger partial charge in [0.2, 0.25) is 0 Å². The van der Waals surface area contributed by atoms with Gasteiger partial charge in [-0.1, -0.05) is 41.9 Å². The molecule has 0 saturated heterocycles. The van der Waals surface area contributed by atoms with Gasteiger partial charge >= 0.3 is 0 Å². The van der Waals surface area contributed by atoms with Crippen molar-refractivity contribution in [3.05, 3.63) is 105 Å². The van der Waals surface area contributed by atoms with Crippen LogP contribution in [0.25, 0.3) is 10.8 Å². The van der Waals surface area contributed by atoms with Crippen LogP contribution in [0, 0.1) is 6.92 Å². The largest absolute Gasteiger partial charge is 0.489 e. The summed E-state index contributed by atoms with van der Waals surface area (Å²) < 4.78 is 6.79. The molecular weight excluding hydrogens is 456 g/mol. The second-order valence-electron chi connectivity index (χ2n) is 7.59. The number of carbonyl (C=O) groups excluding carboxylic acids is 2. The Morgan fingerprint density at radius 1 is 1.03 bits per heavy atom. The number of benzene rings is 3. The van der Waals surface area contributed by atoms with Crippen LogP contribution in [0.5, 0.6) is 5.75 Å². The predicted molar refractivity (Wildman–Crippen MR) is 129 cm³/mol. The Morgan fingerprint density at radius 3 is 2.56 bits per heavy atom. The number of nitrogens with zero attached hydrogens (tertiary/aromatic N) is 2. The molecule has 0 saturated carbocycles. The molecule has 3 aromatic carbocycles. The zero-order valence-corrected chi connectivity index (χ0v) is 19.0. The number of aromatic nitrogens is 2. The van der Waals surface area contributed by atoms with Gasteiger partial charge in [0.05, 0.1) is 11.6 Å². The summed E-state index contributed by atoms with van der Waals surface area (Å²) in [5.41, 5.74) is 6.41. The molecule has 0 spiro atoms. The molecule has 0 radical (unpaired) electrons. The molecule has 4 aromatic rings. The number of rotatable bonds is 6. The van der Waals surface area contributed by atoms with E-state index in [1.165, 1.54) is 6.20 Å².